The van der Waals surface area contributed by atoms with Gasteiger partial charge in [-0.3, -0.25) is 14.4 Å². The average Bonchev–Trinajstić information content (AvgIpc) is 3.12. The number of nitrogens with zero attached hydrogens (tertiary/aromatic N) is 2. The fourth-order valence-corrected chi connectivity index (χ4v) is 5.04. The summed E-state index contributed by atoms with van der Waals surface area (Å²) in [6, 6.07) is 7.51. The Kier molecular flexibility index (Phi) is 6.61. The number of aromatic nitrogens is 1. The number of benzene rings is 1. The molecule has 10 heteroatoms. The molecular formula is C21H26N4O5S. The second kappa shape index (κ2) is 9.03. The van der Waals surface area contributed by atoms with E-state index in [9.17, 15) is 22.8 Å². The highest BCUT2D eigenvalue weighted by atomic mass is 32.2. The van der Waals surface area contributed by atoms with E-state index in [2.05, 4.69) is 10.3 Å². The molecule has 1 unspecified atom stereocenters. The van der Waals surface area contributed by atoms with Gasteiger partial charge in [-0.05, 0) is 36.8 Å². The number of sulfonamides is 1. The fourth-order valence-electron chi connectivity index (χ4n) is 3.59. The van der Waals surface area contributed by atoms with E-state index >= 15 is 0 Å². The number of nitrogens with one attached hydrogen (secondary N) is 2. The first kappa shape index (κ1) is 22.7. The van der Waals surface area contributed by atoms with Crippen molar-refractivity contribution in [3.8, 4) is 0 Å². The van der Waals surface area contributed by atoms with Crippen LogP contribution in [0.25, 0.3) is 0 Å². The molecule has 1 aliphatic heterocycles. The van der Waals surface area contributed by atoms with Crippen molar-refractivity contribution in [2.45, 2.75) is 32.1 Å². The second-order valence-corrected chi connectivity index (χ2v) is 9.31. The minimum absolute atomic E-state index is 0.0493. The van der Waals surface area contributed by atoms with Gasteiger partial charge in [0, 0.05) is 44.0 Å². The van der Waals surface area contributed by atoms with Crippen molar-refractivity contribution in [2.24, 2.45) is 5.92 Å². The van der Waals surface area contributed by atoms with Crippen LogP contribution in [0.3, 0.4) is 0 Å². The average molecular weight is 447 g/mol. The number of pyridine rings is 1. The van der Waals surface area contributed by atoms with Crippen LogP contribution in [0.1, 0.15) is 25.8 Å². The molecule has 0 radical (unpaired) electrons. The second-order valence-electron chi connectivity index (χ2n) is 7.37. The first-order valence-corrected chi connectivity index (χ1v) is 11.5. The number of amides is 2. The van der Waals surface area contributed by atoms with E-state index in [0.29, 0.717) is 30.0 Å². The molecular weight excluding hydrogens is 420 g/mol. The molecule has 1 saturated heterocycles. The van der Waals surface area contributed by atoms with Crippen LogP contribution in [0, 0.1) is 12.8 Å². The molecule has 2 aromatic rings. The van der Waals surface area contributed by atoms with Gasteiger partial charge in [0.05, 0.1) is 16.5 Å². The number of anilines is 2. The first-order chi connectivity index (χ1) is 14.7. The lowest BCUT2D eigenvalue weighted by atomic mass is 10.1. The van der Waals surface area contributed by atoms with E-state index in [1.165, 1.54) is 33.6 Å². The summed E-state index contributed by atoms with van der Waals surface area (Å²) in [5.74, 6) is -1.08. The largest absolute Gasteiger partial charge is 0.327 e. The van der Waals surface area contributed by atoms with Gasteiger partial charge in [-0.25, -0.2) is 8.42 Å². The van der Waals surface area contributed by atoms with E-state index in [1.807, 2.05) is 0 Å². The van der Waals surface area contributed by atoms with E-state index < -0.39 is 15.9 Å². The molecule has 1 aromatic carbocycles. The minimum atomic E-state index is -3.58. The predicted octanol–water partition coefficient (Wildman–Crippen LogP) is 1.71. The van der Waals surface area contributed by atoms with Gasteiger partial charge in [0.15, 0.2) is 0 Å². The lowest BCUT2D eigenvalue weighted by molar-refractivity contribution is -0.122. The Labute approximate surface area is 181 Å². The zero-order valence-electron chi connectivity index (χ0n) is 17.7. The molecule has 2 amide bonds. The smallest absolute Gasteiger partial charge is 0.248 e. The number of aryl methyl sites for hydroxylation is 1. The van der Waals surface area contributed by atoms with Crippen LogP contribution in [-0.2, 0) is 19.6 Å². The highest BCUT2D eigenvalue weighted by Gasteiger charge is 2.35. The van der Waals surface area contributed by atoms with Crippen molar-refractivity contribution >= 4 is 33.2 Å². The lowest BCUT2D eigenvalue weighted by Crippen LogP contribution is -2.31. The maximum absolute atomic E-state index is 12.6. The van der Waals surface area contributed by atoms with Crippen molar-refractivity contribution in [1.82, 2.24) is 9.29 Å². The van der Waals surface area contributed by atoms with Crippen molar-refractivity contribution in [2.75, 3.05) is 29.9 Å². The van der Waals surface area contributed by atoms with Gasteiger partial charge >= 0.3 is 0 Å². The molecule has 1 fully saturated rings. The van der Waals surface area contributed by atoms with Crippen LogP contribution in [0.15, 0.2) is 46.2 Å². The van der Waals surface area contributed by atoms with Crippen LogP contribution in [0.4, 0.5) is 11.4 Å². The van der Waals surface area contributed by atoms with Gasteiger partial charge in [0.1, 0.15) is 0 Å². The molecule has 1 aromatic heterocycles. The maximum Gasteiger partial charge on any atom is 0.248 e. The Bertz CT molecular complexity index is 1140. The number of rotatable bonds is 7. The van der Waals surface area contributed by atoms with E-state index in [0.717, 1.165) is 0 Å². The summed E-state index contributed by atoms with van der Waals surface area (Å²) in [4.78, 5) is 40.6. The Balaban J connectivity index is 1.72. The predicted molar refractivity (Wildman–Crippen MR) is 117 cm³/mol. The molecule has 0 aliphatic carbocycles. The zero-order valence-corrected chi connectivity index (χ0v) is 18.5. The standard InChI is InChI=1S/C21H26N4O5S/c1-4-24(5-2)31(29,30)17-8-6-16(7-9-17)25-13-15(11-20(25)27)21(28)23-18-12-22-19(26)10-14(18)3/h6-10,12,15H,4-5,11,13H2,1-3H3,(H,22,26)(H,23,28). The summed E-state index contributed by atoms with van der Waals surface area (Å²) < 4.78 is 26.6. The monoisotopic (exact) mass is 446 g/mol. The third-order valence-electron chi connectivity index (χ3n) is 5.38. The SMILES string of the molecule is CCN(CC)S(=O)(=O)c1ccc(N2CC(C(=O)Nc3c[nH]c(=O)cc3C)CC2=O)cc1. The Morgan fingerprint density at radius 3 is 2.42 bits per heavy atom. The molecule has 2 N–H and O–H groups in total. The van der Waals surface area contributed by atoms with E-state index in [1.54, 1.807) is 32.9 Å². The summed E-state index contributed by atoms with van der Waals surface area (Å²) >= 11 is 0. The highest BCUT2D eigenvalue weighted by molar-refractivity contribution is 7.89. The summed E-state index contributed by atoms with van der Waals surface area (Å²) in [7, 11) is -3.58. The molecule has 2 heterocycles. The number of H-pyrrole nitrogens is 1. The van der Waals surface area contributed by atoms with Gasteiger partial charge in [-0.2, -0.15) is 4.31 Å². The van der Waals surface area contributed by atoms with Crippen LogP contribution in [-0.4, -0.2) is 49.2 Å². The Morgan fingerprint density at radius 2 is 1.84 bits per heavy atom. The van der Waals surface area contributed by atoms with Crippen LogP contribution >= 0.6 is 0 Å². The first-order valence-electron chi connectivity index (χ1n) is 10.1. The molecule has 0 saturated carbocycles. The zero-order chi connectivity index (χ0) is 22.8. The van der Waals surface area contributed by atoms with E-state index in [-0.39, 0.29) is 35.2 Å². The maximum atomic E-state index is 12.6. The topological polar surface area (TPSA) is 120 Å². The van der Waals surface area contributed by atoms with Crippen LogP contribution in [0.2, 0.25) is 0 Å². The third kappa shape index (κ3) is 4.70. The Morgan fingerprint density at radius 1 is 1.19 bits per heavy atom. The quantitative estimate of drug-likeness (QED) is 0.671. The molecule has 3 rings (SSSR count). The van der Waals surface area contributed by atoms with Crippen molar-refractivity contribution in [3.05, 3.63) is 52.4 Å². The summed E-state index contributed by atoms with van der Waals surface area (Å²) in [5, 5.41) is 2.75. The summed E-state index contributed by atoms with van der Waals surface area (Å²) in [6.07, 6.45) is 1.48. The summed E-state index contributed by atoms with van der Waals surface area (Å²) in [5.41, 5.74) is 1.40. The van der Waals surface area contributed by atoms with Gasteiger partial charge in [-0.1, -0.05) is 13.8 Å². The molecule has 166 valence electrons. The lowest BCUT2D eigenvalue weighted by Gasteiger charge is -2.20. The molecule has 0 bridgehead atoms. The van der Waals surface area contributed by atoms with Crippen molar-refractivity contribution in [3.63, 3.8) is 0 Å². The number of aromatic amines is 1. The highest BCUT2D eigenvalue weighted by Crippen LogP contribution is 2.28. The van der Waals surface area contributed by atoms with Crippen LogP contribution in [0.5, 0.6) is 0 Å². The van der Waals surface area contributed by atoms with Gasteiger partial charge < -0.3 is 15.2 Å². The van der Waals surface area contributed by atoms with Gasteiger partial charge in [0.2, 0.25) is 27.4 Å². The van der Waals surface area contributed by atoms with E-state index in [4.69, 9.17) is 0 Å². The minimum Gasteiger partial charge on any atom is -0.327 e. The number of hydrogen-bond donors (Lipinski definition) is 2. The number of hydrogen-bond acceptors (Lipinski definition) is 5. The van der Waals surface area contributed by atoms with Crippen LogP contribution < -0.4 is 15.8 Å². The van der Waals surface area contributed by atoms with Gasteiger partial charge in [0.25, 0.3) is 0 Å². The molecule has 31 heavy (non-hydrogen) atoms. The molecule has 0 spiro atoms. The normalized spacial score (nSPS) is 16.7. The molecule has 1 atom stereocenters. The summed E-state index contributed by atoms with van der Waals surface area (Å²) in [6.45, 7) is 6.20. The number of carbonyl (C=O) groups is 2. The Hall–Kier alpha value is -2.98. The van der Waals surface area contributed by atoms with Crippen molar-refractivity contribution < 1.29 is 18.0 Å². The fraction of sp³-hybridized carbons (Fsp3) is 0.381. The molecule has 1 aliphatic rings. The van der Waals surface area contributed by atoms with Crippen molar-refractivity contribution in [1.29, 1.82) is 0 Å². The third-order valence-corrected chi connectivity index (χ3v) is 7.44. The molecule has 9 nitrogen and oxygen atoms in total. The number of carbonyl (C=O) groups excluding carboxylic acids is 2. The van der Waals surface area contributed by atoms with Gasteiger partial charge in [-0.15, -0.1) is 0 Å².